The van der Waals surface area contributed by atoms with E-state index in [1.807, 2.05) is 0 Å². The highest BCUT2D eigenvalue weighted by Gasteiger charge is 2.38. The van der Waals surface area contributed by atoms with Crippen molar-refractivity contribution in [3.05, 3.63) is 28.8 Å². The van der Waals surface area contributed by atoms with Gasteiger partial charge in [0.25, 0.3) is 0 Å². The highest BCUT2D eigenvalue weighted by Crippen LogP contribution is 2.35. The molecule has 156 valence electrons. The largest absolute Gasteiger partial charge is 0.436 e. The van der Waals surface area contributed by atoms with Crippen molar-refractivity contribution in [1.29, 1.82) is 0 Å². The number of aromatic nitrogens is 4. The van der Waals surface area contributed by atoms with Crippen molar-refractivity contribution < 1.29 is 35.9 Å². The van der Waals surface area contributed by atoms with E-state index in [1.54, 1.807) is 0 Å². The number of carbonyl (C=O) groups is 1. The molecule has 0 aromatic carbocycles. The lowest BCUT2D eigenvalue weighted by molar-refractivity contribution is -0.182. The van der Waals surface area contributed by atoms with Gasteiger partial charge in [-0.15, -0.1) is 0 Å². The van der Waals surface area contributed by atoms with Crippen LogP contribution in [0.25, 0.3) is 0 Å². The molecule has 2 aromatic rings. The molecule has 14 heteroatoms. The van der Waals surface area contributed by atoms with Crippen LogP contribution in [-0.2, 0) is 29.0 Å². The molecule has 7 nitrogen and oxygen atoms in total. The van der Waals surface area contributed by atoms with Gasteiger partial charge in [0.2, 0.25) is 5.91 Å². The first kappa shape index (κ1) is 22.0. The molecule has 28 heavy (non-hydrogen) atoms. The fourth-order valence-corrected chi connectivity index (χ4v) is 2.35. The summed E-state index contributed by atoms with van der Waals surface area (Å²) in [6.45, 7) is -0.732. The number of halogens is 7. The van der Waals surface area contributed by atoms with E-state index in [-0.39, 0.29) is 24.3 Å². The number of aryl methyl sites for hydroxylation is 1. The van der Waals surface area contributed by atoms with E-state index in [9.17, 15) is 31.1 Å². The van der Waals surface area contributed by atoms with Crippen LogP contribution in [-0.4, -0.2) is 38.3 Å². The number of amides is 1. The number of hydrogen-bond acceptors (Lipinski definition) is 4. The van der Waals surface area contributed by atoms with Gasteiger partial charge in [0, 0.05) is 6.42 Å². The Morgan fingerprint density at radius 2 is 1.96 bits per heavy atom. The lowest BCUT2D eigenvalue weighted by Gasteiger charge is -2.07. The first-order valence-corrected chi connectivity index (χ1v) is 8.01. The summed E-state index contributed by atoms with van der Waals surface area (Å²) in [5.74, 6) is -0.560. The molecule has 0 aliphatic rings. The third-order valence-electron chi connectivity index (χ3n) is 3.36. The maximum absolute atomic E-state index is 12.8. The van der Waals surface area contributed by atoms with Crippen LogP contribution in [0.4, 0.5) is 32.0 Å². The van der Waals surface area contributed by atoms with Crippen molar-refractivity contribution in [1.82, 2.24) is 19.6 Å². The minimum absolute atomic E-state index is 0.0661. The van der Waals surface area contributed by atoms with Gasteiger partial charge in [-0.25, -0.2) is 4.68 Å². The molecule has 1 N–H and O–H groups in total. The van der Waals surface area contributed by atoms with E-state index in [1.165, 1.54) is 19.3 Å². The number of anilines is 1. The van der Waals surface area contributed by atoms with Crippen LogP contribution in [0.1, 0.15) is 17.8 Å². The Morgan fingerprint density at radius 1 is 1.29 bits per heavy atom. The molecule has 2 rings (SSSR count). The van der Waals surface area contributed by atoms with Crippen LogP contribution < -0.4 is 5.32 Å². The summed E-state index contributed by atoms with van der Waals surface area (Å²) in [5, 5.41) is 8.96. The molecule has 0 aliphatic heterocycles. The summed E-state index contributed by atoms with van der Waals surface area (Å²) < 4.78 is 80.7. The van der Waals surface area contributed by atoms with Gasteiger partial charge in [-0.1, -0.05) is 11.6 Å². The summed E-state index contributed by atoms with van der Waals surface area (Å²) in [7, 11) is 0. The molecule has 2 aromatic heterocycles. The van der Waals surface area contributed by atoms with Crippen molar-refractivity contribution in [3.8, 4) is 0 Å². The topological polar surface area (TPSA) is 74.0 Å². The van der Waals surface area contributed by atoms with Crippen LogP contribution in [0.3, 0.4) is 0 Å². The number of rotatable bonds is 7. The zero-order valence-corrected chi connectivity index (χ0v) is 15.0. The average Bonchev–Trinajstić information content (AvgIpc) is 3.10. The Kier molecular flexibility index (Phi) is 6.59. The SMILES string of the molecule is Cc1c(Cl)c(C(F)(F)F)nn1CCC(=O)Nc1cnn(COCC(F)(F)F)c1. The first-order chi connectivity index (χ1) is 12.9. The van der Waals surface area contributed by atoms with Gasteiger partial charge < -0.3 is 10.1 Å². The summed E-state index contributed by atoms with van der Waals surface area (Å²) in [6.07, 6.45) is -6.97. The number of alkyl halides is 6. The molecule has 0 atom stereocenters. The molecule has 0 fully saturated rings. The zero-order valence-electron chi connectivity index (χ0n) is 14.2. The van der Waals surface area contributed by atoms with Gasteiger partial charge >= 0.3 is 12.4 Å². The number of nitrogens with one attached hydrogen (secondary N) is 1. The van der Waals surface area contributed by atoms with Gasteiger partial charge in [-0.3, -0.25) is 9.48 Å². The van der Waals surface area contributed by atoms with Gasteiger partial charge in [-0.2, -0.15) is 36.5 Å². The average molecular weight is 434 g/mol. The molecule has 0 unspecified atom stereocenters. The molecule has 2 heterocycles. The Hall–Kier alpha value is -2.28. The van der Waals surface area contributed by atoms with Gasteiger partial charge in [0.05, 0.1) is 35.3 Å². The monoisotopic (exact) mass is 433 g/mol. The Morgan fingerprint density at radius 3 is 2.54 bits per heavy atom. The number of hydrogen-bond donors (Lipinski definition) is 1. The summed E-state index contributed by atoms with van der Waals surface area (Å²) in [4.78, 5) is 11.9. The highest BCUT2D eigenvalue weighted by molar-refractivity contribution is 6.31. The maximum Gasteiger partial charge on any atom is 0.436 e. The first-order valence-electron chi connectivity index (χ1n) is 7.63. The summed E-state index contributed by atoms with van der Waals surface area (Å²) >= 11 is 5.62. The Balaban J connectivity index is 1.87. The molecule has 0 spiro atoms. The second kappa shape index (κ2) is 8.39. The minimum atomic E-state index is -4.71. The normalized spacial score (nSPS) is 12.4. The third-order valence-corrected chi connectivity index (χ3v) is 3.81. The number of nitrogens with zero attached hydrogens (tertiary/aromatic N) is 4. The van der Waals surface area contributed by atoms with Gasteiger partial charge in [-0.05, 0) is 6.92 Å². The van der Waals surface area contributed by atoms with Crippen molar-refractivity contribution in [2.24, 2.45) is 0 Å². The second-order valence-corrected chi connectivity index (χ2v) is 6.01. The minimum Gasteiger partial charge on any atom is -0.350 e. The number of carbonyl (C=O) groups excluding carboxylic acids is 1. The summed E-state index contributed by atoms with van der Waals surface area (Å²) in [5.41, 5.74) is -0.976. The predicted molar refractivity (Wildman–Crippen MR) is 84.5 cm³/mol. The smallest absolute Gasteiger partial charge is 0.350 e. The number of ether oxygens (including phenoxy) is 1. The van der Waals surface area contributed by atoms with E-state index >= 15 is 0 Å². The van der Waals surface area contributed by atoms with Crippen LogP contribution in [0, 0.1) is 6.92 Å². The van der Waals surface area contributed by atoms with E-state index in [2.05, 4.69) is 20.3 Å². The molecule has 0 bridgehead atoms. The standard InChI is InChI=1S/C14H14ClF6N5O2/c1-8-11(15)12(14(19,20)21)24-26(8)3-2-10(27)23-9-4-22-25(5-9)7-28-6-13(16,17)18/h4-5H,2-3,6-7H2,1H3,(H,23,27). The third kappa shape index (κ3) is 6.12. The lowest BCUT2D eigenvalue weighted by Crippen LogP contribution is -2.18. The molecule has 0 saturated heterocycles. The molecular weight excluding hydrogens is 420 g/mol. The molecule has 0 radical (unpaired) electrons. The van der Waals surface area contributed by atoms with Crippen LogP contribution in [0.5, 0.6) is 0 Å². The molecular formula is C14H14ClF6N5O2. The Labute approximate surface area is 159 Å². The predicted octanol–water partition coefficient (Wildman–Crippen LogP) is 3.63. The second-order valence-electron chi connectivity index (χ2n) is 5.63. The highest BCUT2D eigenvalue weighted by atomic mass is 35.5. The van der Waals surface area contributed by atoms with E-state index in [0.29, 0.717) is 0 Å². The molecule has 0 aliphatic carbocycles. The van der Waals surface area contributed by atoms with Crippen LogP contribution in [0.2, 0.25) is 5.02 Å². The fourth-order valence-electron chi connectivity index (χ4n) is 2.11. The maximum atomic E-state index is 12.8. The van der Waals surface area contributed by atoms with Crippen molar-refractivity contribution in [3.63, 3.8) is 0 Å². The van der Waals surface area contributed by atoms with Crippen molar-refractivity contribution in [2.75, 3.05) is 11.9 Å². The quantitative estimate of drug-likeness (QED) is 0.677. The zero-order chi connectivity index (χ0) is 21.1. The van der Waals surface area contributed by atoms with Crippen LogP contribution >= 0.6 is 11.6 Å². The van der Waals surface area contributed by atoms with Gasteiger partial charge in [0.1, 0.15) is 13.3 Å². The van der Waals surface area contributed by atoms with Crippen LogP contribution in [0.15, 0.2) is 12.4 Å². The van der Waals surface area contributed by atoms with Gasteiger partial charge in [0.15, 0.2) is 5.69 Å². The van der Waals surface area contributed by atoms with E-state index in [0.717, 1.165) is 9.36 Å². The summed E-state index contributed by atoms with van der Waals surface area (Å²) in [6, 6.07) is 0. The molecule has 1 amide bonds. The Bertz CT molecular complexity index is 829. The lowest BCUT2D eigenvalue weighted by atomic mass is 10.3. The van der Waals surface area contributed by atoms with Crippen molar-refractivity contribution in [2.45, 2.75) is 39.0 Å². The fraction of sp³-hybridized carbons (Fsp3) is 0.500. The van der Waals surface area contributed by atoms with E-state index < -0.39 is 42.3 Å². The molecule has 0 saturated carbocycles. The van der Waals surface area contributed by atoms with Crippen molar-refractivity contribution >= 4 is 23.2 Å². The van der Waals surface area contributed by atoms with E-state index in [4.69, 9.17) is 11.6 Å².